The first-order valence-corrected chi connectivity index (χ1v) is 6.19. The fourth-order valence-electron chi connectivity index (χ4n) is 1.91. The van der Waals surface area contributed by atoms with Gasteiger partial charge in [0.25, 0.3) is 5.91 Å². The second-order valence-electron chi connectivity index (χ2n) is 4.37. The molecule has 0 spiro atoms. The van der Waals surface area contributed by atoms with Gasteiger partial charge in [-0.1, -0.05) is 30.3 Å². The minimum absolute atomic E-state index is 0.0946. The molecule has 0 bridgehead atoms. The Labute approximate surface area is 116 Å². The molecule has 2 rings (SSSR count). The summed E-state index contributed by atoms with van der Waals surface area (Å²) >= 11 is 0. The van der Waals surface area contributed by atoms with Crippen LogP contribution < -0.4 is 11.1 Å². The molecule has 1 unspecified atom stereocenters. The zero-order valence-electron chi connectivity index (χ0n) is 10.8. The first-order chi connectivity index (χ1) is 9.61. The molecule has 0 fully saturated rings. The summed E-state index contributed by atoms with van der Waals surface area (Å²) in [6.45, 7) is 0.245. The van der Waals surface area contributed by atoms with Crippen molar-refractivity contribution in [2.45, 2.75) is 6.04 Å². The average molecular weight is 272 g/mol. The number of aromatic hydroxyl groups is 2. The number of phenolic OH excluding ortho intramolecular Hbond substituents is 2. The summed E-state index contributed by atoms with van der Waals surface area (Å²) in [5.74, 6) is -0.814. The second kappa shape index (κ2) is 6.08. The van der Waals surface area contributed by atoms with Crippen molar-refractivity contribution in [3.8, 4) is 11.5 Å². The highest BCUT2D eigenvalue weighted by Crippen LogP contribution is 2.23. The maximum absolute atomic E-state index is 12.1. The van der Waals surface area contributed by atoms with E-state index < -0.39 is 5.91 Å². The summed E-state index contributed by atoms with van der Waals surface area (Å²) in [5.41, 5.74) is 6.66. The number of nitrogens with two attached hydrogens (primary N) is 1. The zero-order chi connectivity index (χ0) is 14.5. The molecule has 2 aromatic carbocycles. The highest BCUT2D eigenvalue weighted by atomic mass is 16.3. The van der Waals surface area contributed by atoms with Gasteiger partial charge in [-0.25, -0.2) is 0 Å². The van der Waals surface area contributed by atoms with Crippen LogP contribution in [-0.4, -0.2) is 22.7 Å². The summed E-state index contributed by atoms with van der Waals surface area (Å²) in [6.07, 6.45) is 0. The van der Waals surface area contributed by atoms with Gasteiger partial charge in [0.15, 0.2) is 0 Å². The molecule has 20 heavy (non-hydrogen) atoms. The van der Waals surface area contributed by atoms with Crippen LogP contribution in [0.4, 0.5) is 0 Å². The number of nitrogens with one attached hydrogen (secondary N) is 1. The fourth-order valence-corrected chi connectivity index (χ4v) is 1.91. The van der Waals surface area contributed by atoms with Gasteiger partial charge in [-0.15, -0.1) is 0 Å². The third kappa shape index (κ3) is 3.07. The molecule has 0 aliphatic rings. The van der Waals surface area contributed by atoms with Gasteiger partial charge in [0.2, 0.25) is 0 Å². The Hall–Kier alpha value is -2.53. The Balaban J connectivity index is 2.17. The molecular formula is C15H16N2O3. The minimum Gasteiger partial charge on any atom is -0.508 e. The summed E-state index contributed by atoms with van der Waals surface area (Å²) < 4.78 is 0. The number of rotatable bonds is 4. The Kier molecular flexibility index (Phi) is 4.22. The van der Waals surface area contributed by atoms with Gasteiger partial charge in [-0.2, -0.15) is 0 Å². The summed E-state index contributed by atoms with van der Waals surface area (Å²) in [6, 6.07) is 12.8. The van der Waals surface area contributed by atoms with E-state index in [9.17, 15) is 15.0 Å². The van der Waals surface area contributed by atoms with E-state index in [0.29, 0.717) is 0 Å². The molecular weight excluding hydrogens is 256 g/mol. The van der Waals surface area contributed by atoms with Crippen molar-refractivity contribution in [1.82, 2.24) is 5.32 Å². The van der Waals surface area contributed by atoms with Crippen LogP contribution in [0.3, 0.4) is 0 Å². The van der Waals surface area contributed by atoms with Crippen molar-refractivity contribution in [3.63, 3.8) is 0 Å². The van der Waals surface area contributed by atoms with Gasteiger partial charge in [0.1, 0.15) is 11.5 Å². The molecule has 1 amide bonds. The van der Waals surface area contributed by atoms with Crippen molar-refractivity contribution in [3.05, 3.63) is 59.7 Å². The van der Waals surface area contributed by atoms with Crippen LogP contribution in [-0.2, 0) is 0 Å². The number of amides is 1. The van der Waals surface area contributed by atoms with Crippen LogP contribution in [0, 0.1) is 0 Å². The van der Waals surface area contributed by atoms with Gasteiger partial charge >= 0.3 is 0 Å². The smallest absolute Gasteiger partial charge is 0.255 e. The van der Waals surface area contributed by atoms with Crippen molar-refractivity contribution < 1.29 is 15.0 Å². The topological polar surface area (TPSA) is 95.6 Å². The normalized spacial score (nSPS) is 11.8. The quantitative estimate of drug-likeness (QED) is 0.678. The minimum atomic E-state index is -0.443. The maximum atomic E-state index is 12.1. The maximum Gasteiger partial charge on any atom is 0.255 e. The van der Waals surface area contributed by atoms with E-state index in [1.807, 2.05) is 30.3 Å². The van der Waals surface area contributed by atoms with Gasteiger partial charge in [0, 0.05) is 12.6 Å². The van der Waals surface area contributed by atoms with E-state index >= 15 is 0 Å². The van der Waals surface area contributed by atoms with E-state index in [0.717, 1.165) is 11.6 Å². The molecule has 0 radical (unpaired) electrons. The van der Waals surface area contributed by atoms with E-state index in [1.54, 1.807) is 0 Å². The molecule has 0 heterocycles. The molecule has 2 aromatic rings. The highest BCUT2D eigenvalue weighted by Gasteiger charge is 2.16. The van der Waals surface area contributed by atoms with Crippen LogP contribution in [0.25, 0.3) is 0 Å². The van der Waals surface area contributed by atoms with E-state index in [2.05, 4.69) is 5.32 Å². The number of phenols is 2. The van der Waals surface area contributed by atoms with Crippen LogP contribution in [0.1, 0.15) is 22.0 Å². The molecule has 0 saturated carbocycles. The van der Waals surface area contributed by atoms with Crippen LogP contribution >= 0.6 is 0 Å². The second-order valence-corrected chi connectivity index (χ2v) is 4.37. The number of hydrogen-bond acceptors (Lipinski definition) is 4. The summed E-state index contributed by atoms with van der Waals surface area (Å²) in [5, 5.41) is 21.6. The Morgan fingerprint density at radius 2 is 1.85 bits per heavy atom. The van der Waals surface area contributed by atoms with E-state index in [4.69, 9.17) is 5.73 Å². The van der Waals surface area contributed by atoms with Gasteiger partial charge in [0.05, 0.1) is 11.6 Å². The summed E-state index contributed by atoms with van der Waals surface area (Å²) in [4.78, 5) is 12.1. The lowest BCUT2D eigenvalue weighted by Crippen LogP contribution is -2.33. The van der Waals surface area contributed by atoms with Crippen molar-refractivity contribution in [2.75, 3.05) is 6.54 Å². The van der Waals surface area contributed by atoms with E-state index in [1.165, 1.54) is 12.1 Å². The third-order valence-corrected chi connectivity index (χ3v) is 2.97. The molecule has 5 N–H and O–H groups in total. The van der Waals surface area contributed by atoms with Crippen molar-refractivity contribution in [2.24, 2.45) is 5.73 Å². The Morgan fingerprint density at radius 1 is 1.15 bits per heavy atom. The zero-order valence-corrected chi connectivity index (χ0v) is 10.8. The molecule has 0 aliphatic carbocycles. The number of carbonyl (C=O) groups is 1. The lowest BCUT2D eigenvalue weighted by molar-refractivity contribution is 0.0935. The van der Waals surface area contributed by atoms with E-state index in [-0.39, 0.29) is 29.6 Å². The Morgan fingerprint density at radius 3 is 2.45 bits per heavy atom. The lowest BCUT2D eigenvalue weighted by Gasteiger charge is -2.17. The van der Waals surface area contributed by atoms with Crippen LogP contribution in [0.2, 0.25) is 0 Å². The molecule has 5 nitrogen and oxygen atoms in total. The first kappa shape index (κ1) is 13.9. The van der Waals surface area contributed by atoms with Crippen LogP contribution in [0.5, 0.6) is 11.5 Å². The molecule has 104 valence electrons. The molecule has 0 saturated heterocycles. The van der Waals surface area contributed by atoms with Gasteiger partial charge < -0.3 is 21.3 Å². The monoisotopic (exact) mass is 272 g/mol. The largest absolute Gasteiger partial charge is 0.508 e. The summed E-state index contributed by atoms with van der Waals surface area (Å²) in [7, 11) is 0. The molecule has 0 aromatic heterocycles. The van der Waals surface area contributed by atoms with Crippen molar-refractivity contribution >= 4 is 5.91 Å². The fraction of sp³-hybridized carbons (Fsp3) is 0.133. The van der Waals surface area contributed by atoms with Crippen molar-refractivity contribution in [1.29, 1.82) is 0 Å². The number of carbonyl (C=O) groups excluding carboxylic acids is 1. The predicted octanol–water partition coefficient (Wildman–Crippen LogP) is 1.53. The molecule has 5 heteroatoms. The number of benzene rings is 2. The predicted molar refractivity (Wildman–Crippen MR) is 75.5 cm³/mol. The molecule has 0 aliphatic heterocycles. The Bertz CT molecular complexity index is 599. The average Bonchev–Trinajstić information content (AvgIpc) is 2.45. The third-order valence-electron chi connectivity index (χ3n) is 2.97. The molecule has 1 atom stereocenters. The van der Waals surface area contributed by atoms with Crippen LogP contribution in [0.15, 0.2) is 48.5 Å². The van der Waals surface area contributed by atoms with Gasteiger partial charge in [-0.3, -0.25) is 4.79 Å². The number of hydrogen-bond donors (Lipinski definition) is 4. The highest BCUT2D eigenvalue weighted by molar-refractivity contribution is 5.97. The van der Waals surface area contributed by atoms with Gasteiger partial charge in [-0.05, 0) is 17.7 Å². The lowest BCUT2D eigenvalue weighted by atomic mass is 10.1. The standard InChI is InChI=1S/C15H16N2O3/c16-9-13(10-4-2-1-3-5-10)17-15(20)12-7-6-11(18)8-14(12)19/h1-8,13,18-19H,9,16H2,(H,17,20). The SMILES string of the molecule is NCC(NC(=O)c1ccc(O)cc1O)c1ccccc1. The first-order valence-electron chi connectivity index (χ1n) is 6.19.